The highest BCUT2D eigenvalue weighted by molar-refractivity contribution is 6.06. The van der Waals surface area contributed by atoms with Crippen LogP contribution in [0.2, 0.25) is 0 Å². The number of Topliss-reactive ketones (excluding diaryl/α,β-unsaturated/α-hetero) is 1. The molecule has 0 amide bonds. The zero-order chi connectivity index (χ0) is 17.8. The first-order valence-corrected chi connectivity index (χ1v) is 8.32. The van der Waals surface area contributed by atoms with E-state index in [0.717, 1.165) is 35.1 Å². The van der Waals surface area contributed by atoms with Crippen molar-refractivity contribution in [2.24, 2.45) is 0 Å². The Morgan fingerprint density at radius 2 is 2.12 bits per heavy atom. The molecule has 4 rings (SSSR count). The summed E-state index contributed by atoms with van der Waals surface area (Å²) in [6, 6.07) is 10.5. The molecule has 1 aliphatic heterocycles. The molecule has 1 saturated heterocycles. The molecule has 1 N–H and O–H groups in total. The number of ketones is 1. The second kappa shape index (κ2) is 7.40. The summed E-state index contributed by atoms with van der Waals surface area (Å²) in [5, 5.41) is 4.50. The molecular formula is C20H21N3O2. The summed E-state index contributed by atoms with van der Waals surface area (Å²) in [5.41, 5.74) is 4.07. The molecule has 1 aliphatic rings. The Morgan fingerprint density at radius 1 is 1.28 bits per heavy atom. The Bertz CT molecular complexity index is 895. The summed E-state index contributed by atoms with van der Waals surface area (Å²) in [4.78, 5) is 24.2. The molecule has 0 saturated carbocycles. The number of fused-ring (bicyclic) bond motifs is 1. The molecule has 0 radical (unpaired) electrons. The monoisotopic (exact) mass is 335 g/mol. The summed E-state index contributed by atoms with van der Waals surface area (Å²) in [6.45, 7) is 4.68. The quantitative estimate of drug-likeness (QED) is 0.745. The van der Waals surface area contributed by atoms with Crippen LogP contribution in [0.3, 0.4) is 0 Å². The Hall–Kier alpha value is -2.79. The minimum absolute atomic E-state index is 0.0929. The second-order valence-electron chi connectivity index (χ2n) is 6.11. The van der Waals surface area contributed by atoms with E-state index in [4.69, 9.17) is 4.79 Å². The number of pyridine rings is 1. The van der Waals surface area contributed by atoms with Gasteiger partial charge in [0.2, 0.25) is 0 Å². The first-order valence-electron chi connectivity index (χ1n) is 8.32. The molecule has 0 unspecified atom stereocenters. The molecule has 0 spiro atoms. The van der Waals surface area contributed by atoms with Crippen molar-refractivity contribution in [2.75, 3.05) is 6.54 Å². The standard InChI is InChI=1S/C19H19N3O.CH2O/c1-13(23)16-4-2-6-19-17(16)7-9-22(19)15-10-14(11-20-12-15)18-5-3-8-21-18;1-2/h2,4,6-7,9-12,18,21H,3,5,8H2,1H3;1H2/t18-;/m0./s1. The highest BCUT2D eigenvalue weighted by Gasteiger charge is 2.17. The summed E-state index contributed by atoms with van der Waals surface area (Å²) >= 11 is 0. The van der Waals surface area contributed by atoms with E-state index in [1.807, 2.05) is 49.6 Å². The number of carbonyl (C=O) groups is 2. The van der Waals surface area contributed by atoms with Gasteiger partial charge in [-0.05, 0) is 50.1 Å². The summed E-state index contributed by atoms with van der Waals surface area (Å²) in [6.07, 6.45) is 8.20. The van der Waals surface area contributed by atoms with Crippen LogP contribution in [0.15, 0.2) is 48.9 Å². The number of nitrogens with one attached hydrogen (secondary N) is 1. The average molecular weight is 335 g/mol. The van der Waals surface area contributed by atoms with Gasteiger partial charge in [-0.1, -0.05) is 12.1 Å². The van der Waals surface area contributed by atoms with Crippen molar-refractivity contribution in [1.29, 1.82) is 0 Å². The molecule has 25 heavy (non-hydrogen) atoms. The van der Waals surface area contributed by atoms with Gasteiger partial charge in [-0.3, -0.25) is 9.78 Å². The molecule has 3 heterocycles. The maximum atomic E-state index is 11.8. The maximum absolute atomic E-state index is 11.8. The van der Waals surface area contributed by atoms with E-state index < -0.39 is 0 Å². The Labute approximate surface area is 146 Å². The molecular weight excluding hydrogens is 314 g/mol. The lowest BCUT2D eigenvalue weighted by Gasteiger charge is -2.12. The fraction of sp³-hybridized carbons (Fsp3) is 0.250. The van der Waals surface area contributed by atoms with Crippen LogP contribution < -0.4 is 5.32 Å². The zero-order valence-electron chi connectivity index (χ0n) is 14.2. The molecule has 0 bridgehead atoms. The van der Waals surface area contributed by atoms with Crippen LogP contribution in [0.4, 0.5) is 0 Å². The van der Waals surface area contributed by atoms with Gasteiger partial charge in [-0.2, -0.15) is 0 Å². The van der Waals surface area contributed by atoms with Crippen LogP contribution in [0.1, 0.15) is 41.7 Å². The first-order chi connectivity index (χ1) is 12.2. The lowest BCUT2D eigenvalue weighted by molar-refractivity contribution is -0.0980. The van der Waals surface area contributed by atoms with Gasteiger partial charge in [0.1, 0.15) is 6.79 Å². The summed E-state index contributed by atoms with van der Waals surface area (Å²) in [5.74, 6) is 0.0929. The lowest BCUT2D eigenvalue weighted by Crippen LogP contribution is -2.13. The minimum Gasteiger partial charge on any atom is -0.315 e. The van der Waals surface area contributed by atoms with Crippen molar-refractivity contribution in [3.05, 3.63) is 60.0 Å². The van der Waals surface area contributed by atoms with E-state index in [9.17, 15) is 4.79 Å². The fourth-order valence-corrected chi connectivity index (χ4v) is 3.44. The number of hydrogen-bond donors (Lipinski definition) is 1. The minimum atomic E-state index is 0.0929. The van der Waals surface area contributed by atoms with Crippen LogP contribution >= 0.6 is 0 Å². The van der Waals surface area contributed by atoms with E-state index in [2.05, 4.69) is 20.9 Å². The van der Waals surface area contributed by atoms with Gasteiger partial charge in [0.05, 0.1) is 17.4 Å². The molecule has 0 aliphatic carbocycles. The van der Waals surface area contributed by atoms with E-state index in [1.54, 1.807) is 6.92 Å². The van der Waals surface area contributed by atoms with Crippen molar-refractivity contribution in [3.8, 4) is 5.69 Å². The van der Waals surface area contributed by atoms with Crippen molar-refractivity contribution in [3.63, 3.8) is 0 Å². The first kappa shape index (κ1) is 17.0. The molecule has 1 aromatic carbocycles. The Balaban J connectivity index is 0.000000880. The zero-order valence-corrected chi connectivity index (χ0v) is 14.2. The molecule has 5 heteroatoms. The third kappa shape index (κ3) is 3.23. The number of aromatic nitrogens is 2. The maximum Gasteiger partial charge on any atom is 0.160 e. The number of carbonyl (C=O) groups excluding carboxylic acids is 2. The SMILES string of the molecule is C=O.CC(=O)c1cccc2c1ccn2-c1cncc([C@@H]2CCCN2)c1. The van der Waals surface area contributed by atoms with E-state index in [-0.39, 0.29) is 5.78 Å². The summed E-state index contributed by atoms with van der Waals surface area (Å²) < 4.78 is 2.10. The van der Waals surface area contributed by atoms with Gasteiger partial charge in [-0.15, -0.1) is 0 Å². The fourth-order valence-electron chi connectivity index (χ4n) is 3.44. The van der Waals surface area contributed by atoms with E-state index in [0.29, 0.717) is 6.04 Å². The third-order valence-corrected chi connectivity index (χ3v) is 4.60. The van der Waals surface area contributed by atoms with Crippen molar-refractivity contribution in [1.82, 2.24) is 14.9 Å². The second-order valence-corrected chi connectivity index (χ2v) is 6.11. The number of nitrogens with zero attached hydrogens (tertiary/aromatic N) is 2. The number of rotatable bonds is 3. The van der Waals surface area contributed by atoms with Gasteiger partial charge in [0, 0.05) is 29.4 Å². The van der Waals surface area contributed by atoms with Crippen LogP contribution in [0.25, 0.3) is 16.6 Å². The smallest absolute Gasteiger partial charge is 0.160 e. The molecule has 2 aromatic heterocycles. The van der Waals surface area contributed by atoms with Crippen LogP contribution in [-0.2, 0) is 4.79 Å². The third-order valence-electron chi connectivity index (χ3n) is 4.60. The van der Waals surface area contributed by atoms with Gasteiger partial charge >= 0.3 is 0 Å². The molecule has 128 valence electrons. The molecule has 1 atom stereocenters. The van der Waals surface area contributed by atoms with Crippen molar-refractivity contribution < 1.29 is 9.59 Å². The topological polar surface area (TPSA) is 64.0 Å². The van der Waals surface area contributed by atoms with Gasteiger partial charge in [0.15, 0.2) is 5.78 Å². The molecule has 3 aromatic rings. The van der Waals surface area contributed by atoms with Gasteiger partial charge in [-0.25, -0.2) is 0 Å². The van der Waals surface area contributed by atoms with Gasteiger partial charge < -0.3 is 14.7 Å². The average Bonchev–Trinajstić information content (AvgIpc) is 3.33. The van der Waals surface area contributed by atoms with Crippen molar-refractivity contribution >= 4 is 23.5 Å². The van der Waals surface area contributed by atoms with Crippen LogP contribution in [0.5, 0.6) is 0 Å². The number of benzene rings is 1. The van der Waals surface area contributed by atoms with Gasteiger partial charge in [0.25, 0.3) is 0 Å². The Kier molecular flexibility index (Phi) is 5.05. The highest BCUT2D eigenvalue weighted by atomic mass is 16.1. The van der Waals surface area contributed by atoms with Crippen LogP contribution in [0, 0.1) is 0 Å². The lowest BCUT2D eigenvalue weighted by atomic mass is 10.1. The predicted molar refractivity (Wildman–Crippen MR) is 98.2 cm³/mol. The largest absolute Gasteiger partial charge is 0.315 e. The van der Waals surface area contributed by atoms with E-state index in [1.165, 1.54) is 12.0 Å². The Morgan fingerprint density at radius 3 is 2.84 bits per heavy atom. The molecule has 1 fully saturated rings. The number of hydrogen-bond acceptors (Lipinski definition) is 4. The predicted octanol–water partition coefficient (Wildman–Crippen LogP) is 3.47. The highest BCUT2D eigenvalue weighted by Crippen LogP contribution is 2.27. The molecule has 5 nitrogen and oxygen atoms in total. The van der Waals surface area contributed by atoms with E-state index >= 15 is 0 Å². The van der Waals surface area contributed by atoms with Crippen LogP contribution in [-0.4, -0.2) is 28.7 Å². The normalized spacial score (nSPS) is 16.4. The van der Waals surface area contributed by atoms with Crippen molar-refractivity contribution in [2.45, 2.75) is 25.8 Å². The summed E-state index contributed by atoms with van der Waals surface area (Å²) in [7, 11) is 0.